The van der Waals surface area contributed by atoms with Crippen LogP contribution in [-0.4, -0.2) is 0 Å². The van der Waals surface area contributed by atoms with Crippen molar-refractivity contribution in [3.63, 3.8) is 0 Å². The van der Waals surface area contributed by atoms with E-state index >= 15 is 0 Å². The summed E-state index contributed by atoms with van der Waals surface area (Å²) in [4.78, 5) is 0. The van der Waals surface area contributed by atoms with E-state index in [9.17, 15) is 0 Å². The Bertz CT molecular complexity index is 1000. The summed E-state index contributed by atoms with van der Waals surface area (Å²) in [6, 6.07) is 22.7. The highest BCUT2D eigenvalue weighted by atomic mass is 127. The van der Waals surface area contributed by atoms with Gasteiger partial charge < -0.3 is 0 Å². The van der Waals surface area contributed by atoms with Crippen LogP contribution in [0, 0.1) is 41.1 Å². The van der Waals surface area contributed by atoms with Crippen molar-refractivity contribution < 1.29 is 0 Å². The molecule has 25 heavy (non-hydrogen) atoms. The molecule has 0 aliphatic carbocycles. The quantitative estimate of drug-likeness (QED) is 0.316. The maximum atomic E-state index is 3.26. The Morgan fingerprint density at radius 1 is 0.600 bits per heavy atom. The Morgan fingerprint density at radius 3 is 1.76 bits per heavy atom. The molecule has 0 amide bonds. The summed E-state index contributed by atoms with van der Waals surface area (Å²) >= 11 is 2.30. The fraction of sp³-hybridized carbons (Fsp3) is 0.0833. The van der Waals surface area contributed by atoms with E-state index in [1.165, 1.54) is 9.13 Å². The Morgan fingerprint density at radius 2 is 1.12 bits per heavy atom. The van der Waals surface area contributed by atoms with Crippen molar-refractivity contribution in [3.8, 4) is 23.7 Å². The molecule has 0 aliphatic heterocycles. The average molecular weight is 432 g/mol. The minimum atomic E-state index is 1.01. The molecular weight excluding hydrogens is 415 g/mol. The minimum Gasteiger partial charge on any atom is -0.0617 e. The zero-order valence-electron chi connectivity index (χ0n) is 14.2. The van der Waals surface area contributed by atoms with Gasteiger partial charge >= 0.3 is 0 Å². The second-order valence-corrected chi connectivity index (χ2v) is 7.15. The number of hydrogen-bond donors (Lipinski definition) is 0. The highest BCUT2D eigenvalue weighted by molar-refractivity contribution is 14.1. The predicted octanol–water partition coefficient (Wildman–Crippen LogP) is 5.71. The maximum Gasteiger partial charge on any atom is 0.0279 e. The summed E-state index contributed by atoms with van der Waals surface area (Å²) in [5, 5.41) is 0. The molecule has 3 aromatic carbocycles. The van der Waals surface area contributed by atoms with Crippen molar-refractivity contribution in [2.24, 2.45) is 0 Å². The van der Waals surface area contributed by atoms with Gasteiger partial charge in [-0.1, -0.05) is 41.4 Å². The molecule has 3 aromatic rings. The van der Waals surface area contributed by atoms with Gasteiger partial charge in [0.2, 0.25) is 0 Å². The summed E-state index contributed by atoms with van der Waals surface area (Å²) in [5.74, 6) is 12.9. The minimum absolute atomic E-state index is 1.01. The van der Waals surface area contributed by atoms with Gasteiger partial charge in [-0.05, 0) is 96.6 Å². The smallest absolute Gasteiger partial charge is 0.0279 e. The molecule has 0 nitrogen and oxygen atoms in total. The summed E-state index contributed by atoms with van der Waals surface area (Å²) in [5.41, 5.74) is 6.51. The Kier molecular flexibility index (Phi) is 5.59. The van der Waals surface area contributed by atoms with E-state index in [1.807, 2.05) is 24.3 Å². The summed E-state index contributed by atoms with van der Waals surface area (Å²) in [7, 11) is 0. The van der Waals surface area contributed by atoms with E-state index < -0.39 is 0 Å². The third-order valence-corrected chi connectivity index (χ3v) is 4.53. The first-order valence-electron chi connectivity index (χ1n) is 8.07. The predicted molar refractivity (Wildman–Crippen MR) is 113 cm³/mol. The molecule has 0 fully saturated rings. The summed E-state index contributed by atoms with van der Waals surface area (Å²) < 4.78 is 1.22. The number of aryl methyl sites for hydroxylation is 2. The maximum absolute atomic E-state index is 3.26. The molecule has 0 spiro atoms. The van der Waals surface area contributed by atoms with Crippen LogP contribution in [0.4, 0.5) is 0 Å². The van der Waals surface area contributed by atoms with Crippen LogP contribution in [0.2, 0.25) is 0 Å². The normalized spacial score (nSPS) is 9.56. The third kappa shape index (κ3) is 4.99. The highest BCUT2D eigenvalue weighted by Gasteiger charge is 1.96. The molecule has 0 aromatic heterocycles. The van der Waals surface area contributed by atoms with E-state index in [0.29, 0.717) is 0 Å². The van der Waals surface area contributed by atoms with Crippen molar-refractivity contribution >= 4 is 22.6 Å². The average Bonchev–Trinajstić information content (AvgIpc) is 2.62. The van der Waals surface area contributed by atoms with E-state index in [2.05, 4.69) is 103 Å². The van der Waals surface area contributed by atoms with Gasteiger partial charge in [0.25, 0.3) is 0 Å². The van der Waals surface area contributed by atoms with Gasteiger partial charge in [0.05, 0.1) is 0 Å². The lowest BCUT2D eigenvalue weighted by Gasteiger charge is -1.99. The fourth-order valence-corrected chi connectivity index (χ4v) is 2.70. The molecule has 0 aliphatic rings. The van der Waals surface area contributed by atoms with Gasteiger partial charge in [0.1, 0.15) is 0 Å². The summed E-state index contributed by atoms with van der Waals surface area (Å²) in [6.45, 7) is 4.16. The molecular formula is C24H17I. The lowest BCUT2D eigenvalue weighted by molar-refractivity contribution is 1.42. The molecule has 3 rings (SSSR count). The van der Waals surface area contributed by atoms with Crippen molar-refractivity contribution in [1.29, 1.82) is 0 Å². The Labute approximate surface area is 163 Å². The summed E-state index contributed by atoms with van der Waals surface area (Å²) in [6.07, 6.45) is 0. The van der Waals surface area contributed by atoms with Crippen LogP contribution in [-0.2, 0) is 0 Å². The molecule has 0 atom stereocenters. The number of hydrogen-bond acceptors (Lipinski definition) is 0. The van der Waals surface area contributed by atoms with Crippen LogP contribution in [0.1, 0.15) is 33.4 Å². The van der Waals surface area contributed by atoms with E-state index in [4.69, 9.17) is 0 Å². The monoisotopic (exact) mass is 432 g/mol. The van der Waals surface area contributed by atoms with Gasteiger partial charge in [0.15, 0.2) is 0 Å². The SMILES string of the molecule is Cc1ccc(C#Cc2ccc(C#Cc3ccc(I)cc3)c(C)c2)cc1. The van der Waals surface area contributed by atoms with Crippen LogP contribution in [0.25, 0.3) is 0 Å². The topological polar surface area (TPSA) is 0 Å². The lowest BCUT2D eigenvalue weighted by Crippen LogP contribution is -1.85. The third-order valence-electron chi connectivity index (χ3n) is 3.81. The molecule has 0 unspecified atom stereocenters. The first-order valence-corrected chi connectivity index (χ1v) is 9.15. The molecule has 0 saturated heterocycles. The zero-order chi connectivity index (χ0) is 17.6. The fourth-order valence-electron chi connectivity index (χ4n) is 2.34. The molecule has 0 N–H and O–H groups in total. The van der Waals surface area contributed by atoms with Crippen LogP contribution >= 0.6 is 22.6 Å². The standard InChI is InChI=1S/C24H17I/c1-18-3-5-20(6-4-18)7-8-22-10-14-23(19(2)17-22)13-9-21-11-15-24(25)16-12-21/h3-6,10-12,14-17H,1-2H3. The van der Waals surface area contributed by atoms with Crippen LogP contribution in [0.5, 0.6) is 0 Å². The molecule has 0 saturated carbocycles. The van der Waals surface area contributed by atoms with Gasteiger partial charge in [-0.25, -0.2) is 0 Å². The molecule has 1 heteroatoms. The first kappa shape index (κ1) is 17.3. The van der Waals surface area contributed by atoms with Gasteiger partial charge in [-0.15, -0.1) is 0 Å². The molecule has 0 bridgehead atoms. The number of halogens is 1. The number of rotatable bonds is 0. The molecule has 0 heterocycles. The van der Waals surface area contributed by atoms with Crippen molar-refractivity contribution in [3.05, 3.63) is 104 Å². The van der Waals surface area contributed by atoms with Crippen LogP contribution in [0.15, 0.2) is 66.7 Å². The van der Waals surface area contributed by atoms with Crippen molar-refractivity contribution in [1.82, 2.24) is 0 Å². The largest absolute Gasteiger partial charge is 0.0617 e. The van der Waals surface area contributed by atoms with Crippen LogP contribution < -0.4 is 0 Å². The molecule has 0 radical (unpaired) electrons. The van der Waals surface area contributed by atoms with Crippen LogP contribution in [0.3, 0.4) is 0 Å². The second kappa shape index (κ2) is 8.06. The van der Waals surface area contributed by atoms with Crippen molar-refractivity contribution in [2.45, 2.75) is 13.8 Å². The highest BCUT2D eigenvalue weighted by Crippen LogP contribution is 2.11. The number of benzene rings is 3. The van der Waals surface area contributed by atoms with Gasteiger partial charge in [-0.2, -0.15) is 0 Å². The second-order valence-electron chi connectivity index (χ2n) is 5.90. The van der Waals surface area contributed by atoms with Crippen molar-refractivity contribution in [2.75, 3.05) is 0 Å². The van der Waals surface area contributed by atoms with E-state index in [-0.39, 0.29) is 0 Å². The van der Waals surface area contributed by atoms with E-state index in [1.54, 1.807) is 0 Å². The Balaban J connectivity index is 1.80. The van der Waals surface area contributed by atoms with Gasteiger partial charge in [-0.3, -0.25) is 0 Å². The lowest BCUT2D eigenvalue weighted by atomic mass is 10.0. The first-order chi connectivity index (χ1) is 12.1. The Hall–Kier alpha value is -2.49. The van der Waals surface area contributed by atoms with Gasteiger partial charge in [0, 0.05) is 25.8 Å². The molecule has 120 valence electrons. The zero-order valence-corrected chi connectivity index (χ0v) is 16.4. The van der Waals surface area contributed by atoms with E-state index in [0.717, 1.165) is 27.8 Å².